The molecule has 0 fully saturated rings. The molecule has 1 aromatic carbocycles. The van der Waals surface area contributed by atoms with Crippen LogP contribution in [0.2, 0.25) is 0 Å². The molecule has 0 aliphatic rings. The van der Waals surface area contributed by atoms with Crippen LogP contribution in [0.4, 0.5) is 13.2 Å². The maximum atomic E-state index is 12.1. The van der Waals surface area contributed by atoms with E-state index in [9.17, 15) is 18.0 Å². The topological polar surface area (TPSA) is 29.1 Å². The average molecular weight is 324 g/mol. The van der Waals surface area contributed by atoms with Crippen LogP contribution >= 0.6 is 15.9 Å². The summed E-state index contributed by atoms with van der Waals surface area (Å²) in [6.07, 6.45) is -4.84. The first-order chi connectivity index (χ1) is 8.13. The SMILES string of the molecule is CC(C)(CNC(=O)C(F)(F)F)c1cccc(Br)c1. The van der Waals surface area contributed by atoms with Gasteiger partial charge in [-0.05, 0) is 17.7 Å². The lowest BCUT2D eigenvalue weighted by Gasteiger charge is -2.26. The Morgan fingerprint density at radius 1 is 1.33 bits per heavy atom. The van der Waals surface area contributed by atoms with Gasteiger partial charge in [0.1, 0.15) is 0 Å². The number of rotatable bonds is 3. The highest BCUT2D eigenvalue weighted by Gasteiger charge is 2.39. The summed E-state index contributed by atoms with van der Waals surface area (Å²) in [5.74, 6) is -1.91. The molecule has 1 amide bonds. The van der Waals surface area contributed by atoms with Crippen LogP contribution in [0, 0.1) is 0 Å². The largest absolute Gasteiger partial charge is 0.471 e. The second kappa shape index (κ2) is 5.30. The van der Waals surface area contributed by atoms with Crippen molar-refractivity contribution < 1.29 is 18.0 Å². The summed E-state index contributed by atoms with van der Waals surface area (Å²) in [5.41, 5.74) is 0.268. The molecule has 2 nitrogen and oxygen atoms in total. The van der Waals surface area contributed by atoms with Crippen LogP contribution in [0.3, 0.4) is 0 Å². The van der Waals surface area contributed by atoms with Gasteiger partial charge in [-0.3, -0.25) is 4.79 Å². The Morgan fingerprint density at radius 2 is 1.94 bits per heavy atom. The predicted molar refractivity (Wildman–Crippen MR) is 66.2 cm³/mol. The lowest BCUT2D eigenvalue weighted by atomic mass is 9.84. The lowest BCUT2D eigenvalue weighted by Crippen LogP contribution is -2.43. The normalized spacial score (nSPS) is 12.3. The molecular formula is C12H13BrF3NO. The third-order valence-corrected chi connectivity index (χ3v) is 3.05. The lowest BCUT2D eigenvalue weighted by molar-refractivity contribution is -0.173. The van der Waals surface area contributed by atoms with Crippen molar-refractivity contribution in [2.24, 2.45) is 0 Å². The van der Waals surface area contributed by atoms with Crippen molar-refractivity contribution in [1.82, 2.24) is 5.32 Å². The number of nitrogens with one attached hydrogen (secondary N) is 1. The highest BCUT2D eigenvalue weighted by molar-refractivity contribution is 9.10. The van der Waals surface area contributed by atoms with Crippen LogP contribution in [0.15, 0.2) is 28.7 Å². The van der Waals surface area contributed by atoms with Crippen molar-refractivity contribution in [3.63, 3.8) is 0 Å². The Hall–Kier alpha value is -1.04. The fourth-order valence-electron chi connectivity index (χ4n) is 1.41. The molecule has 0 saturated heterocycles. The molecule has 0 aliphatic carbocycles. The molecule has 0 unspecified atom stereocenters. The summed E-state index contributed by atoms with van der Waals surface area (Å²) in [5, 5.41) is 1.90. The Morgan fingerprint density at radius 3 is 2.44 bits per heavy atom. The van der Waals surface area contributed by atoms with E-state index < -0.39 is 17.5 Å². The van der Waals surface area contributed by atoms with Crippen LogP contribution in [0.5, 0.6) is 0 Å². The molecule has 1 aromatic rings. The second-order valence-electron chi connectivity index (χ2n) is 4.57. The van der Waals surface area contributed by atoms with Crippen molar-refractivity contribution in [2.45, 2.75) is 25.4 Å². The Bertz CT molecular complexity index is 443. The Labute approximate surface area is 112 Å². The van der Waals surface area contributed by atoms with E-state index in [4.69, 9.17) is 0 Å². The standard InChI is InChI=1S/C12H13BrF3NO/c1-11(2,7-17-10(18)12(14,15)16)8-4-3-5-9(13)6-8/h3-6H,7H2,1-2H3,(H,17,18). The number of alkyl halides is 3. The number of amides is 1. The van der Waals surface area contributed by atoms with Gasteiger partial charge in [-0.15, -0.1) is 0 Å². The third kappa shape index (κ3) is 4.01. The van der Waals surface area contributed by atoms with Gasteiger partial charge in [-0.25, -0.2) is 0 Å². The minimum Gasteiger partial charge on any atom is -0.347 e. The molecule has 1 rings (SSSR count). The van der Waals surface area contributed by atoms with E-state index in [1.807, 2.05) is 23.5 Å². The molecule has 0 radical (unpaired) electrons. The molecule has 6 heteroatoms. The molecule has 0 aromatic heterocycles. The fraction of sp³-hybridized carbons (Fsp3) is 0.417. The molecular weight excluding hydrogens is 311 g/mol. The van der Waals surface area contributed by atoms with E-state index in [1.54, 1.807) is 19.9 Å². The summed E-state index contributed by atoms with van der Waals surface area (Å²) in [4.78, 5) is 10.8. The van der Waals surface area contributed by atoms with Gasteiger partial charge in [0.2, 0.25) is 0 Å². The smallest absolute Gasteiger partial charge is 0.347 e. The van der Waals surface area contributed by atoms with Gasteiger partial charge < -0.3 is 5.32 Å². The van der Waals surface area contributed by atoms with Gasteiger partial charge in [0.25, 0.3) is 0 Å². The van der Waals surface area contributed by atoms with E-state index in [1.165, 1.54) is 0 Å². The number of hydrogen-bond donors (Lipinski definition) is 1. The summed E-state index contributed by atoms with van der Waals surface area (Å²) in [6, 6.07) is 7.25. The average Bonchev–Trinajstić information content (AvgIpc) is 2.24. The molecule has 0 bridgehead atoms. The zero-order chi connectivity index (χ0) is 14.0. The summed E-state index contributed by atoms with van der Waals surface area (Å²) < 4.78 is 37.1. The quantitative estimate of drug-likeness (QED) is 0.907. The highest BCUT2D eigenvalue weighted by Crippen LogP contribution is 2.25. The van der Waals surface area contributed by atoms with Crippen molar-refractivity contribution in [3.05, 3.63) is 34.3 Å². The molecule has 0 heterocycles. The predicted octanol–water partition coefficient (Wildman–Crippen LogP) is 3.41. The minimum atomic E-state index is -4.84. The highest BCUT2D eigenvalue weighted by atomic mass is 79.9. The van der Waals surface area contributed by atoms with Gasteiger partial charge in [0, 0.05) is 16.4 Å². The zero-order valence-corrected chi connectivity index (χ0v) is 11.5. The van der Waals surface area contributed by atoms with Gasteiger partial charge in [0.15, 0.2) is 0 Å². The summed E-state index contributed by atoms with van der Waals surface area (Å²) >= 11 is 3.30. The van der Waals surface area contributed by atoms with Crippen molar-refractivity contribution in [2.75, 3.05) is 6.54 Å². The third-order valence-electron chi connectivity index (χ3n) is 2.55. The number of halogens is 4. The van der Waals surface area contributed by atoms with Gasteiger partial charge >= 0.3 is 12.1 Å². The van der Waals surface area contributed by atoms with Crippen LogP contribution in [-0.2, 0) is 10.2 Å². The first kappa shape index (κ1) is 15.0. The van der Waals surface area contributed by atoms with Crippen molar-refractivity contribution in [1.29, 1.82) is 0 Å². The van der Waals surface area contributed by atoms with Crippen LogP contribution in [-0.4, -0.2) is 18.6 Å². The monoisotopic (exact) mass is 323 g/mol. The van der Waals surface area contributed by atoms with Gasteiger partial charge in [-0.1, -0.05) is 41.9 Å². The van der Waals surface area contributed by atoms with Gasteiger partial charge in [-0.2, -0.15) is 13.2 Å². The molecule has 1 N–H and O–H groups in total. The van der Waals surface area contributed by atoms with Gasteiger partial charge in [0.05, 0.1) is 0 Å². The zero-order valence-electron chi connectivity index (χ0n) is 9.94. The van der Waals surface area contributed by atoms with E-state index >= 15 is 0 Å². The van der Waals surface area contributed by atoms with Crippen molar-refractivity contribution >= 4 is 21.8 Å². The van der Waals surface area contributed by atoms with E-state index in [0.717, 1.165) is 10.0 Å². The second-order valence-corrected chi connectivity index (χ2v) is 5.49. The molecule has 100 valence electrons. The molecule has 0 spiro atoms. The van der Waals surface area contributed by atoms with E-state index in [0.29, 0.717) is 0 Å². The van der Waals surface area contributed by atoms with Crippen molar-refractivity contribution in [3.8, 4) is 0 Å². The Balaban J connectivity index is 2.74. The summed E-state index contributed by atoms with van der Waals surface area (Å²) in [7, 11) is 0. The number of carbonyl (C=O) groups is 1. The first-order valence-electron chi connectivity index (χ1n) is 5.24. The van der Waals surface area contributed by atoms with Crippen LogP contribution < -0.4 is 5.32 Å². The maximum Gasteiger partial charge on any atom is 0.471 e. The minimum absolute atomic E-state index is 0.0816. The fourth-order valence-corrected chi connectivity index (χ4v) is 1.81. The number of carbonyl (C=O) groups excluding carboxylic acids is 1. The van der Waals surface area contributed by atoms with E-state index in [2.05, 4.69) is 15.9 Å². The number of hydrogen-bond acceptors (Lipinski definition) is 1. The Kier molecular flexibility index (Phi) is 4.42. The van der Waals surface area contributed by atoms with E-state index in [-0.39, 0.29) is 6.54 Å². The molecule has 0 saturated carbocycles. The molecule has 18 heavy (non-hydrogen) atoms. The maximum absolute atomic E-state index is 12.1. The molecule has 0 aliphatic heterocycles. The number of benzene rings is 1. The summed E-state index contributed by atoms with van der Waals surface area (Å²) in [6.45, 7) is 3.46. The van der Waals surface area contributed by atoms with Crippen LogP contribution in [0.1, 0.15) is 19.4 Å². The first-order valence-corrected chi connectivity index (χ1v) is 6.03. The molecule has 0 atom stereocenters. The van der Waals surface area contributed by atoms with Crippen LogP contribution in [0.25, 0.3) is 0 Å².